The van der Waals surface area contributed by atoms with E-state index >= 15 is 0 Å². The maximum absolute atomic E-state index is 12.6. The van der Waals surface area contributed by atoms with E-state index in [0.29, 0.717) is 10.8 Å². The fourth-order valence-corrected chi connectivity index (χ4v) is 3.57. The van der Waals surface area contributed by atoms with Gasteiger partial charge in [-0.1, -0.05) is 41.9 Å². The van der Waals surface area contributed by atoms with Crippen molar-refractivity contribution < 1.29 is 9.53 Å². The second-order valence-electron chi connectivity index (χ2n) is 6.32. The molecule has 0 saturated carbocycles. The molecule has 0 heterocycles. The number of benzene rings is 3. The van der Waals surface area contributed by atoms with Crippen LogP contribution >= 0.6 is 11.6 Å². The van der Waals surface area contributed by atoms with Gasteiger partial charge in [0.25, 0.3) is 5.91 Å². The molecule has 3 nitrogen and oxygen atoms in total. The maximum Gasteiger partial charge on any atom is 0.265 e. The van der Waals surface area contributed by atoms with Crippen LogP contribution in [0.2, 0.25) is 5.02 Å². The Morgan fingerprint density at radius 3 is 2.64 bits per heavy atom. The zero-order valence-corrected chi connectivity index (χ0v) is 14.6. The number of hydrogen-bond acceptors (Lipinski definition) is 2. The number of nitrogens with one attached hydrogen (secondary N) is 1. The molecule has 0 bridgehead atoms. The van der Waals surface area contributed by atoms with Crippen LogP contribution in [0.15, 0.2) is 54.6 Å². The van der Waals surface area contributed by atoms with E-state index in [1.54, 1.807) is 31.2 Å². The molecule has 1 aliphatic rings. The van der Waals surface area contributed by atoms with Gasteiger partial charge in [0, 0.05) is 16.1 Å². The molecule has 3 aromatic carbocycles. The lowest BCUT2D eigenvalue weighted by Gasteiger charge is -2.16. The smallest absolute Gasteiger partial charge is 0.265 e. The normalized spacial score (nSPS) is 13.7. The molecule has 126 valence electrons. The SMILES string of the molecule is CC(Oc1cccc(Cl)c1)C(=O)Nc1ccc2c3c(cccc13)CC2. The third-order valence-electron chi connectivity index (χ3n) is 4.61. The zero-order chi connectivity index (χ0) is 17.4. The van der Waals surface area contributed by atoms with Gasteiger partial charge in [0.15, 0.2) is 6.10 Å². The minimum absolute atomic E-state index is 0.182. The predicted octanol–water partition coefficient (Wildman–Crippen LogP) is 5.00. The summed E-state index contributed by atoms with van der Waals surface area (Å²) in [5.74, 6) is 0.397. The standard InChI is InChI=1S/C21H18ClNO2/c1-13(25-17-6-3-5-16(22)12-17)21(24)23-19-11-10-15-9-8-14-4-2-7-18(19)20(14)15/h2-7,10-13H,8-9H2,1H3,(H,23,24). The molecular weight excluding hydrogens is 334 g/mol. The van der Waals surface area contributed by atoms with Gasteiger partial charge >= 0.3 is 0 Å². The largest absolute Gasteiger partial charge is 0.481 e. The van der Waals surface area contributed by atoms with Crippen LogP contribution in [0.1, 0.15) is 18.1 Å². The highest BCUT2D eigenvalue weighted by Gasteiger charge is 2.19. The lowest BCUT2D eigenvalue weighted by Crippen LogP contribution is -2.30. The number of carbonyl (C=O) groups is 1. The number of halogens is 1. The maximum atomic E-state index is 12.6. The van der Waals surface area contributed by atoms with E-state index in [9.17, 15) is 4.79 Å². The van der Waals surface area contributed by atoms with Crippen LogP contribution in [0.4, 0.5) is 5.69 Å². The Balaban J connectivity index is 1.56. The predicted molar refractivity (Wildman–Crippen MR) is 102 cm³/mol. The van der Waals surface area contributed by atoms with E-state index in [0.717, 1.165) is 23.9 Å². The first kappa shape index (κ1) is 16.0. The lowest BCUT2D eigenvalue weighted by molar-refractivity contribution is -0.122. The molecule has 1 unspecified atom stereocenters. The molecule has 0 aromatic heterocycles. The van der Waals surface area contributed by atoms with Gasteiger partial charge in [-0.15, -0.1) is 0 Å². The number of rotatable bonds is 4. The van der Waals surface area contributed by atoms with Crippen molar-refractivity contribution in [1.82, 2.24) is 0 Å². The first-order chi connectivity index (χ1) is 12.1. The van der Waals surface area contributed by atoms with Crippen LogP contribution in [0.5, 0.6) is 5.75 Å². The lowest BCUT2D eigenvalue weighted by atomic mass is 10.0. The van der Waals surface area contributed by atoms with Gasteiger partial charge < -0.3 is 10.1 Å². The molecule has 0 spiro atoms. The minimum Gasteiger partial charge on any atom is -0.481 e. The monoisotopic (exact) mass is 351 g/mol. The molecule has 0 saturated heterocycles. The second-order valence-corrected chi connectivity index (χ2v) is 6.76. The van der Waals surface area contributed by atoms with Gasteiger partial charge in [0.2, 0.25) is 0 Å². The average molecular weight is 352 g/mol. The quantitative estimate of drug-likeness (QED) is 0.718. The van der Waals surface area contributed by atoms with Crippen molar-refractivity contribution in [2.45, 2.75) is 25.9 Å². The Labute approximate surface area is 151 Å². The van der Waals surface area contributed by atoms with Crippen molar-refractivity contribution in [2.24, 2.45) is 0 Å². The van der Waals surface area contributed by atoms with Gasteiger partial charge in [0.05, 0.1) is 0 Å². The van der Waals surface area contributed by atoms with E-state index < -0.39 is 6.10 Å². The summed E-state index contributed by atoms with van der Waals surface area (Å²) in [6, 6.07) is 17.4. The van der Waals surface area contributed by atoms with Crippen molar-refractivity contribution in [1.29, 1.82) is 0 Å². The number of amides is 1. The molecule has 0 aliphatic heterocycles. The van der Waals surface area contributed by atoms with E-state index in [1.165, 1.54) is 16.5 Å². The molecule has 1 N–H and O–H groups in total. The molecule has 1 amide bonds. The van der Waals surface area contributed by atoms with Crippen LogP contribution in [-0.4, -0.2) is 12.0 Å². The van der Waals surface area contributed by atoms with Gasteiger partial charge in [-0.2, -0.15) is 0 Å². The topological polar surface area (TPSA) is 38.3 Å². The third-order valence-corrected chi connectivity index (χ3v) is 4.85. The van der Waals surface area contributed by atoms with Gasteiger partial charge in [0.1, 0.15) is 5.75 Å². The number of aryl methyl sites for hydroxylation is 2. The van der Waals surface area contributed by atoms with E-state index in [1.807, 2.05) is 12.1 Å². The Bertz CT molecular complexity index is 957. The summed E-state index contributed by atoms with van der Waals surface area (Å²) in [6.45, 7) is 1.73. The molecule has 1 atom stereocenters. The summed E-state index contributed by atoms with van der Waals surface area (Å²) < 4.78 is 5.70. The van der Waals surface area contributed by atoms with Crippen molar-refractivity contribution in [3.63, 3.8) is 0 Å². The van der Waals surface area contributed by atoms with Gasteiger partial charge in [-0.05, 0) is 60.5 Å². The Hall–Kier alpha value is -2.52. The molecule has 3 aromatic rings. The molecule has 0 fully saturated rings. The van der Waals surface area contributed by atoms with E-state index in [2.05, 4.69) is 23.5 Å². The fourth-order valence-electron chi connectivity index (χ4n) is 3.39. The number of carbonyl (C=O) groups excluding carboxylic acids is 1. The number of hydrogen-bond donors (Lipinski definition) is 1. The first-order valence-electron chi connectivity index (χ1n) is 8.38. The van der Waals surface area contributed by atoms with Crippen LogP contribution in [0, 0.1) is 0 Å². The highest BCUT2D eigenvalue weighted by atomic mass is 35.5. The van der Waals surface area contributed by atoms with Gasteiger partial charge in [-0.25, -0.2) is 0 Å². The summed E-state index contributed by atoms with van der Waals surface area (Å²) in [4.78, 5) is 12.6. The average Bonchev–Trinajstić information content (AvgIpc) is 3.02. The van der Waals surface area contributed by atoms with Crippen LogP contribution in [-0.2, 0) is 17.6 Å². The Morgan fingerprint density at radius 1 is 1.08 bits per heavy atom. The second kappa shape index (κ2) is 6.41. The number of ether oxygens (including phenoxy) is 1. The molecule has 0 radical (unpaired) electrons. The molecule has 25 heavy (non-hydrogen) atoms. The Kier molecular flexibility index (Phi) is 4.10. The summed E-state index contributed by atoms with van der Waals surface area (Å²) in [6.07, 6.45) is 1.51. The molecule has 4 rings (SSSR count). The van der Waals surface area contributed by atoms with Crippen molar-refractivity contribution >= 4 is 34.0 Å². The van der Waals surface area contributed by atoms with E-state index in [4.69, 9.17) is 16.3 Å². The fraction of sp³-hybridized carbons (Fsp3) is 0.190. The molecule has 1 aliphatic carbocycles. The highest BCUT2D eigenvalue weighted by molar-refractivity contribution is 6.30. The van der Waals surface area contributed by atoms with Crippen LogP contribution < -0.4 is 10.1 Å². The summed E-state index contributed by atoms with van der Waals surface area (Å²) >= 11 is 5.96. The summed E-state index contributed by atoms with van der Waals surface area (Å²) in [5, 5.41) is 5.96. The molecular formula is C21H18ClNO2. The van der Waals surface area contributed by atoms with Crippen LogP contribution in [0.25, 0.3) is 10.8 Å². The minimum atomic E-state index is -0.624. The van der Waals surface area contributed by atoms with Crippen molar-refractivity contribution in [3.8, 4) is 5.75 Å². The summed E-state index contributed by atoms with van der Waals surface area (Å²) in [5.41, 5.74) is 3.53. The van der Waals surface area contributed by atoms with Gasteiger partial charge in [-0.3, -0.25) is 4.79 Å². The Morgan fingerprint density at radius 2 is 1.84 bits per heavy atom. The van der Waals surface area contributed by atoms with Crippen LogP contribution in [0.3, 0.4) is 0 Å². The summed E-state index contributed by atoms with van der Waals surface area (Å²) in [7, 11) is 0. The first-order valence-corrected chi connectivity index (χ1v) is 8.76. The third kappa shape index (κ3) is 3.08. The van der Waals surface area contributed by atoms with E-state index in [-0.39, 0.29) is 5.91 Å². The zero-order valence-electron chi connectivity index (χ0n) is 13.9. The highest BCUT2D eigenvalue weighted by Crippen LogP contribution is 2.35. The molecule has 4 heteroatoms. The van der Waals surface area contributed by atoms with Crippen molar-refractivity contribution in [3.05, 3.63) is 70.7 Å². The number of anilines is 1. The van der Waals surface area contributed by atoms with Crippen molar-refractivity contribution in [2.75, 3.05) is 5.32 Å².